The van der Waals surface area contributed by atoms with Gasteiger partial charge in [-0.05, 0) is 30.0 Å². The molecule has 20 heavy (non-hydrogen) atoms. The zero-order valence-electron chi connectivity index (χ0n) is 10.6. The fourth-order valence-corrected chi connectivity index (χ4v) is 3.08. The highest BCUT2D eigenvalue weighted by Crippen LogP contribution is 2.37. The van der Waals surface area contributed by atoms with Crippen LogP contribution in [0.15, 0.2) is 30.7 Å². The van der Waals surface area contributed by atoms with E-state index < -0.39 is 0 Å². The van der Waals surface area contributed by atoms with Crippen LogP contribution in [0.3, 0.4) is 0 Å². The van der Waals surface area contributed by atoms with Crippen LogP contribution in [0.25, 0.3) is 11.0 Å². The molecule has 5 nitrogen and oxygen atoms in total. The number of anilines is 1. The average Bonchev–Trinajstić information content (AvgIpc) is 3.07. The zero-order valence-corrected chi connectivity index (χ0v) is 11.4. The third kappa shape index (κ3) is 1.74. The first-order valence-electron chi connectivity index (χ1n) is 6.51. The van der Waals surface area contributed by atoms with E-state index >= 15 is 0 Å². The maximum Gasteiger partial charge on any atom is 0.160 e. The third-order valence-corrected chi connectivity index (χ3v) is 4.13. The minimum absolute atomic E-state index is 0.233. The number of aromatic nitrogens is 4. The molecule has 1 aliphatic rings. The monoisotopic (exact) mass is 285 g/mol. The second-order valence-electron chi connectivity index (χ2n) is 4.90. The van der Waals surface area contributed by atoms with Crippen molar-refractivity contribution in [2.45, 2.75) is 18.9 Å². The van der Waals surface area contributed by atoms with Crippen molar-refractivity contribution in [3.63, 3.8) is 0 Å². The van der Waals surface area contributed by atoms with Crippen LogP contribution >= 0.6 is 11.6 Å². The Morgan fingerprint density at radius 3 is 3.20 bits per heavy atom. The van der Waals surface area contributed by atoms with Crippen molar-refractivity contribution < 1.29 is 0 Å². The number of hydrogen-bond acceptors (Lipinski definition) is 4. The highest BCUT2D eigenvalue weighted by atomic mass is 35.5. The first-order chi connectivity index (χ1) is 9.83. The second-order valence-corrected chi connectivity index (χ2v) is 5.30. The summed E-state index contributed by atoms with van der Waals surface area (Å²) in [5.74, 6) is 0.807. The highest BCUT2D eigenvalue weighted by molar-refractivity contribution is 6.31. The van der Waals surface area contributed by atoms with Gasteiger partial charge in [-0.2, -0.15) is 5.10 Å². The van der Waals surface area contributed by atoms with E-state index in [4.69, 9.17) is 11.6 Å². The van der Waals surface area contributed by atoms with Gasteiger partial charge in [-0.25, -0.2) is 9.97 Å². The van der Waals surface area contributed by atoms with Gasteiger partial charge in [0.05, 0.1) is 17.6 Å². The van der Waals surface area contributed by atoms with Gasteiger partial charge in [0.2, 0.25) is 0 Å². The Hall–Kier alpha value is -2.14. The number of halogens is 1. The smallest absolute Gasteiger partial charge is 0.160 e. The Kier molecular flexibility index (Phi) is 2.60. The first-order valence-corrected chi connectivity index (χ1v) is 6.88. The molecule has 0 fully saturated rings. The Balaban J connectivity index is 1.72. The van der Waals surface area contributed by atoms with Gasteiger partial charge in [0.15, 0.2) is 5.65 Å². The highest BCUT2D eigenvalue weighted by Gasteiger charge is 2.24. The molecule has 1 atom stereocenters. The van der Waals surface area contributed by atoms with Crippen molar-refractivity contribution in [1.82, 2.24) is 20.2 Å². The van der Waals surface area contributed by atoms with Gasteiger partial charge in [-0.1, -0.05) is 23.7 Å². The molecule has 1 aromatic carbocycles. The Morgan fingerprint density at radius 1 is 1.30 bits per heavy atom. The third-order valence-electron chi connectivity index (χ3n) is 3.77. The fourth-order valence-electron chi connectivity index (χ4n) is 2.80. The summed E-state index contributed by atoms with van der Waals surface area (Å²) in [4.78, 5) is 8.47. The lowest BCUT2D eigenvalue weighted by Crippen LogP contribution is -2.08. The number of fused-ring (bicyclic) bond motifs is 2. The molecule has 1 aliphatic carbocycles. The van der Waals surface area contributed by atoms with Crippen molar-refractivity contribution in [1.29, 1.82) is 0 Å². The molecule has 0 bridgehead atoms. The van der Waals surface area contributed by atoms with Crippen LogP contribution < -0.4 is 5.32 Å². The van der Waals surface area contributed by atoms with Gasteiger partial charge in [0.25, 0.3) is 0 Å². The number of benzene rings is 1. The summed E-state index contributed by atoms with van der Waals surface area (Å²) >= 11 is 6.25. The molecule has 2 aromatic heterocycles. The first kappa shape index (κ1) is 11.7. The van der Waals surface area contributed by atoms with E-state index in [1.807, 2.05) is 12.1 Å². The SMILES string of the molecule is Clc1cccc2c1CCC2Nc1ncnc2[nH]ncc12. The minimum atomic E-state index is 0.233. The lowest BCUT2D eigenvalue weighted by atomic mass is 10.1. The number of aromatic amines is 1. The van der Waals surface area contributed by atoms with Crippen molar-refractivity contribution in [3.05, 3.63) is 46.9 Å². The number of nitrogens with zero attached hydrogens (tertiary/aromatic N) is 3. The molecule has 2 N–H and O–H groups in total. The van der Waals surface area contributed by atoms with E-state index in [0.717, 1.165) is 34.7 Å². The number of nitrogens with one attached hydrogen (secondary N) is 2. The number of hydrogen-bond donors (Lipinski definition) is 2. The van der Waals surface area contributed by atoms with E-state index in [2.05, 4.69) is 31.5 Å². The number of H-pyrrole nitrogens is 1. The van der Waals surface area contributed by atoms with Crippen LogP contribution in [-0.2, 0) is 6.42 Å². The molecule has 2 heterocycles. The molecule has 6 heteroatoms. The quantitative estimate of drug-likeness (QED) is 0.759. The molecule has 0 amide bonds. The summed E-state index contributed by atoms with van der Waals surface area (Å²) in [5, 5.41) is 12.1. The van der Waals surface area contributed by atoms with Crippen LogP contribution in [0.5, 0.6) is 0 Å². The average molecular weight is 286 g/mol. The zero-order chi connectivity index (χ0) is 13.5. The van der Waals surface area contributed by atoms with E-state index in [9.17, 15) is 0 Å². The standard InChI is InChI=1S/C14H12ClN5/c15-11-3-1-2-9-8(11)4-5-12(9)19-13-10-6-18-20-14(10)17-7-16-13/h1-3,6-7,12H,4-5H2,(H2,16,17,18,19,20). The lowest BCUT2D eigenvalue weighted by Gasteiger charge is -2.15. The summed E-state index contributed by atoms with van der Waals surface area (Å²) in [7, 11) is 0. The molecule has 0 radical (unpaired) electrons. The van der Waals surface area contributed by atoms with Gasteiger partial charge < -0.3 is 5.32 Å². The van der Waals surface area contributed by atoms with Gasteiger partial charge in [-0.15, -0.1) is 0 Å². The molecular weight excluding hydrogens is 274 g/mol. The van der Waals surface area contributed by atoms with Crippen molar-refractivity contribution in [2.24, 2.45) is 0 Å². The van der Waals surface area contributed by atoms with Gasteiger partial charge in [-0.3, -0.25) is 5.10 Å². The van der Waals surface area contributed by atoms with Crippen molar-refractivity contribution in [2.75, 3.05) is 5.32 Å². The predicted molar refractivity (Wildman–Crippen MR) is 77.8 cm³/mol. The van der Waals surface area contributed by atoms with Crippen LogP contribution in [0.4, 0.5) is 5.82 Å². The molecule has 0 saturated carbocycles. The molecule has 1 unspecified atom stereocenters. The van der Waals surface area contributed by atoms with Crippen molar-refractivity contribution >= 4 is 28.5 Å². The van der Waals surface area contributed by atoms with E-state index in [-0.39, 0.29) is 6.04 Å². The summed E-state index contributed by atoms with van der Waals surface area (Å²) in [5.41, 5.74) is 3.24. The molecule has 0 aliphatic heterocycles. The summed E-state index contributed by atoms with van der Waals surface area (Å²) in [6.45, 7) is 0. The Bertz CT molecular complexity index is 782. The normalized spacial score (nSPS) is 17.4. The van der Waals surface area contributed by atoms with Gasteiger partial charge >= 0.3 is 0 Å². The van der Waals surface area contributed by atoms with Gasteiger partial charge in [0.1, 0.15) is 12.1 Å². The molecule has 3 aromatic rings. The molecule has 4 rings (SSSR count). The summed E-state index contributed by atoms with van der Waals surface area (Å²) < 4.78 is 0. The van der Waals surface area contributed by atoms with E-state index in [1.165, 1.54) is 17.5 Å². The van der Waals surface area contributed by atoms with E-state index in [0.29, 0.717) is 0 Å². The number of rotatable bonds is 2. The fraction of sp³-hybridized carbons (Fsp3) is 0.214. The Morgan fingerprint density at radius 2 is 2.25 bits per heavy atom. The second kappa shape index (κ2) is 4.45. The molecule has 100 valence electrons. The van der Waals surface area contributed by atoms with Crippen LogP contribution in [0.1, 0.15) is 23.6 Å². The van der Waals surface area contributed by atoms with Crippen LogP contribution in [0.2, 0.25) is 5.02 Å². The predicted octanol–water partition coefficient (Wildman–Crippen LogP) is 3.11. The Labute approximate surface area is 120 Å². The van der Waals surface area contributed by atoms with Crippen molar-refractivity contribution in [3.8, 4) is 0 Å². The largest absolute Gasteiger partial charge is 0.363 e. The van der Waals surface area contributed by atoms with Crippen LogP contribution in [-0.4, -0.2) is 20.2 Å². The minimum Gasteiger partial charge on any atom is -0.363 e. The van der Waals surface area contributed by atoms with E-state index in [1.54, 1.807) is 6.20 Å². The maximum absolute atomic E-state index is 6.25. The summed E-state index contributed by atoms with van der Waals surface area (Å²) in [6, 6.07) is 6.30. The molecular formula is C14H12ClN5. The van der Waals surface area contributed by atoms with Gasteiger partial charge in [0, 0.05) is 5.02 Å². The maximum atomic E-state index is 6.25. The topological polar surface area (TPSA) is 66.5 Å². The molecule has 0 saturated heterocycles. The lowest BCUT2D eigenvalue weighted by molar-refractivity contribution is 0.758. The molecule has 0 spiro atoms. The summed E-state index contributed by atoms with van der Waals surface area (Å²) in [6.07, 6.45) is 5.29. The van der Waals surface area contributed by atoms with Crippen LogP contribution in [0, 0.1) is 0 Å².